The first-order valence-electron chi connectivity index (χ1n) is 9.00. The number of hydrogen-bond acceptors (Lipinski definition) is 4. The summed E-state index contributed by atoms with van der Waals surface area (Å²) in [5.41, 5.74) is 1.32. The first kappa shape index (κ1) is 22.7. The van der Waals surface area contributed by atoms with Crippen LogP contribution in [0.5, 0.6) is 0 Å². The smallest absolute Gasteiger partial charge is 0.191 e. The third-order valence-electron chi connectivity index (χ3n) is 4.15. The van der Waals surface area contributed by atoms with Crippen molar-refractivity contribution < 1.29 is 9.47 Å². The van der Waals surface area contributed by atoms with E-state index in [0.29, 0.717) is 5.92 Å². The van der Waals surface area contributed by atoms with E-state index in [1.54, 1.807) is 11.3 Å². The average Bonchev–Trinajstić information content (AvgIpc) is 3.01. The van der Waals surface area contributed by atoms with Crippen molar-refractivity contribution in [3.05, 3.63) is 21.9 Å². The summed E-state index contributed by atoms with van der Waals surface area (Å²) in [4.78, 5) is 5.98. The fourth-order valence-corrected chi connectivity index (χ4v) is 3.43. The van der Waals surface area contributed by atoms with Gasteiger partial charge in [-0.2, -0.15) is 0 Å². The van der Waals surface area contributed by atoms with Gasteiger partial charge in [-0.1, -0.05) is 0 Å². The molecule has 0 radical (unpaired) electrons. The van der Waals surface area contributed by atoms with Gasteiger partial charge in [0.1, 0.15) is 0 Å². The second-order valence-corrected chi connectivity index (χ2v) is 7.13. The molecule has 1 saturated heterocycles. The van der Waals surface area contributed by atoms with Crippen molar-refractivity contribution in [3.8, 4) is 0 Å². The molecule has 2 N–H and O–H groups in total. The summed E-state index contributed by atoms with van der Waals surface area (Å²) in [5.74, 6) is 1.56. The molecular weight excluding hydrogens is 449 g/mol. The molecule has 2 heterocycles. The average molecular weight is 481 g/mol. The molecule has 0 aliphatic carbocycles. The van der Waals surface area contributed by atoms with E-state index < -0.39 is 0 Å². The van der Waals surface area contributed by atoms with Crippen molar-refractivity contribution in [2.75, 3.05) is 39.5 Å². The maximum Gasteiger partial charge on any atom is 0.191 e. The lowest BCUT2D eigenvalue weighted by Gasteiger charge is -2.21. The van der Waals surface area contributed by atoms with Gasteiger partial charge in [0.15, 0.2) is 5.96 Å². The minimum atomic E-state index is 0. The van der Waals surface area contributed by atoms with Crippen molar-refractivity contribution in [1.29, 1.82) is 0 Å². The van der Waals surface area contributed by atoms with Gasteiger partial charge < -0.3 is 20.1 Å². The number of halogens is 1. The van der Waals surface area contributed by atoms with Crippen LogP contribution in [0.4, 0.5) is 0 Å². The molecule has 0 amide bonds. The zero-order valence-corrected chi connectivity index (χ0v) is 18.5. The largest absolute Gasteiger partial charge is 0.381 e. The molecule has 1 aromatic rings. The fraction of sp³-hybridized carbons (Fsp3) is 0.722. The molecule has 7 heteroatoms. The Hall–Kier alpha value is -0.380. The highest BCUT2D eigenvalue weighted by atomic mass is 127. The summed E-state index contributed by atoms with van der Waals surface area (Å²) in [6, 6.07) is 2.14. The SMILES string of the molecule is CCNC(=NCc1sccc1C)NCCCOCC1CCOCC1.I. The monoisotopic (exact) mass is 481 g/mol. The molecule has 0 spiro atoms. The van der Waals surface area contributed by atoms with Gasteiger partial charge in [0.2, 0.25) is 0 Å². The van der Waals surface area contributed by atoms with Gasteiger partial charge in [-0.05, 0) is 56.0 Å². The quantitative estimate of drug-likeness (QED) is 0.245. The van der Waals surface area contributed by atoms with E-state index in [1.807, 2.05) is 0 Å². The summed E-state index contributed by atoms with van der Waals surface area (Å²) < 4.78 is 11.2. The van der Waals surface area contributed by atoms with E-state index in [4.69, 9.17) is 9.47 Å². The summed E-state index contributed by atoms with van der Waals surface area (Å²) in [7, 11) is 0. The Morgan fingerprint density at radius 2 is 2.16 bits per heavy atom. The topological polar surface area (TPSA) is 54.9 Å². The Balaban J connectivity index is 0.00000312. The summed E-state index contributed by atoms with van der Waals surface area (Å²) in [5, 5.41) is 8.80. The maximum atomic E-state index is 5.80. The molecule has 25 heavy (non-hydrogen) atoms. The molecule has 1 aliphatic rings. The first-order valence-corrected chi connectivity index (χ1v) is 9.88. The van der Waals surface area contributed by atoms with E-state index in [1.165, 1.54) is 10.4 Å². The molecule has 1 aliphatic heterocycles. The van der Waals surface area contributed by atoms with Crippen LogP contribution in [0.25, 0.3) is 0 Å². The molecule has 144 valence electrons. The summed E-state index contributed by atoms with van der Waals surface area (Å²) in [6.45, 7) is 10.2. The molecule has 0 atom stereocenters. The molecule has 0 bridgehead atoms. The Morgan fingerprint density at radius 1 is 1.36 bits per heavy atom. The third kappa shape index (κ3) is 9.21. The number of aryl methyl sites for hydroxylation is 1. The van der Waals surface area contributed by atoms with Crippen molar-refractivity contribution in [2.45, 2.75) is 39.7 Å². The van der Waals surface area contributed by atoms with Crippen LogP contribution in [0.2, 0.25) is 0 Å². The Labute approximate surface area is 173 Å². The van der Waals surface area contributed by atoms with Crippen LogP contribution in [-0.4, -0.2) is 45.5 Å². The summed E-state index contributed by atoms with van der Waals surface area (Å²) >= 11 is 1.77. The number of nitrogens with zero attached hydrogens (tertiary/aromatic N) is 1. The third-order valence-corrected chi connectivity index (χ3v) is 5.15. The van der Waals surface area contributed by atoms with Crippen LogP contribution >= 0.6 is 35.3 Å². The van der Waals surface area contributed by atoms with Gasteiger partial charge in [0.25, 0.3) is 0 Å². The fourth-order valence-electron chi connectivity index (χ4n) is 2.60. The number of hydrogen-bond donors (Lipinski definition) is 2. The first-order chi connectivity index (χ1) is 11.8. The lowest BCUT2D eigenvalue weighted by Crippen LogP contribution is -2.38. The van der Waals surface area contributed by atoms with Crippen LogP contribution in [0.3, 0.4) is 0 Å². The van der Waals surface area contributed by atoms with E-state index in [-0.39, 0.29) is 24.0 Å². The van der Waals surface area contributed by atoms with Crippen LogP contribution in [-0.2, 0) is 16.0 Å². The molecule has 0 saturated carbocycles. The lowest BCUT2D eigenvalue weighted by molar-refractivity contribution is 0.0203. The standard InChI is InChI=1S/C18H31N3O2S.HI/c1-3-19-18(21-13-17-15(2)7-12-24-17)20-8-4-9-23-14-16-5-10-22-11-6-16;/h7,12,16H,3-6,8-11,13-14H2,1-2H3,(H2,19,20,21);1H. The minimum absolute atomic E-state index is 0. The molecule has 5 nitrogen and oxygen atoms in total. The van der Waals surface area contributed by atoms with Crippen molar-refractivity contribution in [2.24, 2.45) is 10.9 Å². The van der Waals surface area contributed by atoms with E-state index >= 15 is 0 Å². The molecule has 0 unspecified atom stereocenters. The number of guanidine groups is 1. The summed E-state index contributed by atoms with van der Waals surface area (Å²) in [6.07, 6.45) is 3.26. The van der Waals surface area contributed by atoms with Gasteiger partial charge in [-0.15, -0.1) is 35.3 Å². The van der Waals surface area contributed by atoms with E-state index in [2.05, 4.69) is 40.9 Å². The highest BCUT2D eigenvalue weighted by Crippen LogP contribution is 2.16. The maximum absolute atomic E-state index is 5.80. The van der Waals surface area contributed by atoms with Crippen LogP contribution in [0.1, 0.15) is 36.6 Å². The molecule has 2 rings (SSSR count). The van der Waals surface area contributed by atoms with Crippen molar-refractivity contribution >= 4 is 41.3 Å². The number of thiophene rings is 1. The zero-order chi connectivity index (χ0) is 17.0. The second kappa shape index (κ2) is 13.8. The number of ether oxygens (including phenoxy) is 2. The normalized spacial score (nSPS) is 15.7. The Kier molecular flexibility index (Phi) is 12.5. The predicted molar refractivity (Wildman–Crippen MR) is 116 cm³/mol. The van der Waals surface area contributed by atoms with Gasteiger partial charge >= 0.3 is 0 Å². The predicted octanol–water partition coefficient (Wildman–Crippen LogP) is 3.56. The Bertz CT molecular complexity index is 490. The highest BCUT2D eigenvalue weighted by molar-refractivity contribution is 14.0. The van der Waals surface area contributed by atoms with Crippen molar-refractivity contribution in [1.82, 2.24) is 10.6 Å². The van der Waals surface area contributed by atoms with Crippen LogP contribution in [0, 0.1) is 12.8 Å². The van der Waals surface area contributed by atoms with E-state index in [9.17, 15) is 0 Å². The lowest BCUT2D eigenvalue weighted by atomic mass is 10.0. The van der Waals surface area contributed by atoms with Gasteiger partial charge in [0, 0.05) is 44.4 Å². The molecule has 1 fully saturated rings. The Morgan fingerprint density at radius 3 is 2.84 bits per heavy atom. The number of rotatable bonds is 9. The zero-order valence-electron chi connectivity index (χ0n) is 15.4. The minimum Gasteiger partial charge on any atom is -0.381 e. The molecule has 0 aromatic carbocycles. The van der Waals surface area contributed by atoms with Crippen LogP contribution in [0.15, 0.2) is 16.4 Å². The molecular formula is C18H32IN3O2S. The van der Waals surface area contributed by atoms with Gasteiger partial charge in [0.05, 0.1) is 6.54 Å². The second-order valence-electron chi connectivity index (χ2n) is 6.13. The number of nitrogens with one attached hydrogen (secondary N) is 2. The van der Waals surface area contributed by atoms with E-state index in [0.717, 1.165) is 71.3 Å². The number of aliphatic imine (C=N–C) groups is 1. The molecule has 1 aromatic heterocycles. The van der Waals surface area contributed by atoms with Gasteiger partial charge in [-0.25, -0.2) is 4.99 Å². The highest BCUT2D eigenvalue weighted by Gasteiger charge is 2.13. The van der Waals surface area contributed by atoms with Gasteiger partial charge in [-0.3, -0.25) is 0 Å². The van der Waals surface area contributed by atoms with Crippen LogP contribution < -0.4 is 10.6 Å². The van der Waals surface area contributed by atoms with Crippen molar-refractivity contribution in [3.63, 3.8) is 0 Å².